The number of anilines is 2. The molecular weight excluding hydrogens is 397 g/mol. The van der Waals surface area contributed by atoms with E-state index in [0.29, 0.717) is 33.6 Å². The summed E-state index contributed by atoms with van der Waals surface area (Å²) in [5.41, 5.74) is 1.20. The van der Waals surface area contributed by atoms with E-state index in [1.54, 1.807) is 29.6 Å². The van der Waals surface area contributed by atoms with Gasteiger partial charge < -0.3 is 14.8 Å². The number of nitrogens with zero attached hydrogens (tertiary/aromatic N) is 1. The molecular formula is C20H18FN3O4S. The highest BCUT2D eigenvalue weighted by Gasteiger charge is 2.14. The fraction of sp³-hybridized carbons (Fsp3) is 0.150. The Bertz CT molecular complexity index is 1020. The van der Waals surface area contributed by atoms with Crippen LogP contribution in [0.4, 0.5) is 15.2 Å². The second-order valence-corrected chi connectivity index (χ2v) is 6.79. The van der Waals surface area contributed by atoms with Crippen molar-refractivity contribution in [1.82, 2.24) is 4.98 Å². The molecule has 0 bridgehead atoms. The Kier molecular flexibility index (Phi) is 6.40. The van der Waals surface area contributed by atoms with Gasteiger partial charge in [-0.3, -0.25) is 14.9 Å². The van der Waals surface area contributed by atoms with Crippen LogP contribution in [-0.2, 0) is 11.2 Å². The van der Waals surface area contributed by atoms with Crippen molar-refractivity contribution in [2.75, 3.05) is 24.9 Å². The minimum Gasteiger partial charge on any atom is -0.497 e. The van der Waals surface area contributed by atoms with E-state index in [9.17, 15) is 14.0 Å². The third kappa shape index (κ3) is 5.52. The van der Waals surface area contributed by atoms with Crippen molar-refractivity contribution in [3.63, 3.8) is 0 Å². The topological polar surface area (TPSA) is 89.6 Å². The van der Waals surface area contributed by atoms with Gasteiger partial charge in [-0.25, -0.2) is 9.37 Å². The summed E-state index contributed by atoms with van der Waals surface area (Å²) in [6.07, 6.45) is -0.00410. The molecule has 0 aliphatic rings. The van der Waals surface area contributed by atoms with E-state index < -0.39 is 5.82 Å². The number of aromatic nitrogens is 1. The van der Waals surface area contributed by atoms with Crippen LogP contribution in [0.5, 0.6) is 11.5 Å². The number of ether oxygens (including phenoxy) is 2. The first-order chi connectivity index (χ1) is 14.0. The average Bonchev–Trinajstić information content (AvgIpc) is 3.13. The molecule has 2 aromatic carbocycles. The molecule has 3 aromatic rings. The molecule has 7 nitrogen and oxygen atoms in total. The third-order valence-electron chi connectivity index (χ3n) is 3.84. The van der Waals surface area contributed by atoms with Crippen LogP contribution < -0.4 is 20.1 Å². The minimum absolute atomic E-state index is 0.00410. The first kappa shape index (κ1) is 20.3. The molecule has 3 rings (SSSR count). The fourth-order valence-corrected chi connectivity index (χ4v) is 3.19. The molecule has 0 aliphatic heterocycles. The lowest BCUT2D eigenvalue weighted by Gasteiger charge is -2.08. The summed E-state index contributed by atoms with van der Waals surface area (Å²) in [4.78, 5) is 28.8. The number of methoxy groups -OCH3 is 2. The first-order valence-electron chi connectivity index (χ1n) is 8.51. The molecule has 0 aliphatic carbocycles. The Morgan fingerprint density at radius 2 is 1.79 bits per heavy atom. The maximum absolute atomic E-state index is 13.2. The lowest BCUT2D eigenvalue weighted by Crippen LogP contribution is -2.15. The predicted octanol–water partition coefficient (Wildman–Crippen LogP) is 3.73. The normalized spacial score (nSPS) is 10.3. The van der Waals surface area contributed by atoms with E-state index in [0.717, 1.165) is 0 Å². The highest BCUT2D eigenvalue weighted by molar-refractivity contribution is 7.14. The van der Waals surface area contributed by atoms with Crippen molar-refractivity contribution in [3.05, 3.63) is 64.9 Å². The highest BCUT2D eigenvalue weighted by atomic mass is 32.1. The Hall–Kier alpha value is -3.46. The predicted molar refractivity (Wildman–Crippen MR) is 108 cm³/mol. The molecule has 0 unspecified atom stereocenters. The van der Waals surface area contributed by atoms with Gasteiger partial charge in [-0.05, 0) is 30.3 Å². The fourth-order valence-electron chi connectivity index (χ4n) is 2.49. The Labute approximate surface area is 170 Å². The van der Waals surface area contributed by atoms with Gasteiger partial charge >= 0.3 is 0 Å². The van der Waals surface area contributed by atoms with Gasteiger partial charge in [0.1, 0.15) is 17.3 Å². The van der Waals surface area contributed by atoms with Crippen LogP contribution in [0.15, 0.2) is 47.8 Å². The molecule has 0 saturated heterocycles. The van der Waals surface area contributed by atoms with Crippen LogP contribution in [0.25, 0.3) is 0 Å². The van der Waals surface area contributed by atoms with E-state index in [-0.39, 0.29) is 18.2 Å². The largest absolute Gasteiger partial charge is 0.497 e. The van der Waals surface area contributed by atoms with Gasteiger partial charge in [0.05, 0.1) is 26.3 Å². The van der Waals surface area contributed by atoms with Gasteiger partial charge in [0.15, 0.2) is 5.13 Å². The number of amides is 2. The SMILES string of the molecule is COc1cc(OC)cc(C(=O)Nc2nc(CC(=O)Nc3cccc(F)c3)cs2)c1. The summed E-state index contributed by atoms with van der Waals surface area (Å²) >= 11 is 1.20. The van der Waals surface area contributed by atoms with Crippen LogP contribution in [0.3, 0.4) is 0 Å². The number of rotatable bonds is 7. The van der Waals surface area contributed by atoms with E-state index in [4.69, 9.17) is 9.47 Å². The zero-order chi connectivity index (χ0) is 20.8. The molecule has 0 spiro atoms. The number of benzene rings is 2. The maximum atomic E-state index is 13.2. The Balaban J connectivity index is 1.62. The number of carbonyl (C=O) groups excluding carboxylic acids is 2. The second kappa shape index (κ2) is 9.16. The van der Waals surface area contributed by atoms with Gasteiger partial charge in [0.2, 0.25) is 5.91 Å². The molecule has 2 N–H and O–H groups in total. The van der Waals surface area contributed by atoms with Crippen LogP contribution >= 0.6 is 11.3 Å². The number of hydrogen-bond acceptors (Lipinski definition) is 6. The van der Waals surface area contributed by atoms with Crippen molar-refractivity contribution >= 4 is 34.0 Å². The van der Waals surface area contributed by atoms with Crippen LogP contribution in [0.2, 0.25) is 0 Å². The monoisotopic (exact) mass is 415 g/mol. The molecule has 0 atom stereocenters. The van der Waals surface area contributed by atoms with Crippen molar-refractivity contribution < 1.29 is 23.5 Å². The van der Waals surface area contributed by atoms with Crippen molar-refractivity contribution in [1.29, 1.82) is 0 Å². The lowest BCUT2D eigenvalue weighted by molar-refractivity contribution is -0.115. The quantitative estimate of drug-likeness (QED) is 0.614. The van der Waals surface area contributed by atoms with Crippen molar-refractivity contribution in [2.45, 2.75) is 6.42 Å². The van der Waals surface area contributed by atoms with Crippen LogP contribution in [0.1, 0.15) is 16.1 Å². The smallest absolute Gasteiger partial charge is 0.257 e. The van der Waals surface area contributed by atoms with E-state index in [1.165, 1.54) is 43.8 Å². The molecule has 2 amide bonds. The zero-order valence-electron chi connectivity index (χ0n) is 15.7. The third-order valence-corrected chi connectivity index (χ3v) is 4.64. The van der Waals surface area contributed by atoms with Crippen LogP contribution in [0, 0.1) is 5.82 Å². The molecule has 150 valence electrons. The average molecular weight is 415 g/mol. The number of thiazole rings is 1. The van der Waals surface area contributed by atoms with Gasteiger partial charge in [-0.15, -0.1) is 11.3 Å². The summed E-state index contributed by atoms with van der Waals surface area (Å²) in [6.45, 7) is 0. The molecule has 29 heavy (non-hydrogen) atoms. The van der Waals surface area contributed by atoms with E-state index in [1.807, 2.05) is 0 Å². The number of nitrogens with one attached hydrogen (secondary N) is 2. The molecule has 9 heteroatoms. The second-order valence-electron chi connectivity index (χ2n) is 5.93. The molecule has 1 aromatic heterocycles. The van der Waals surface area contributed by atoms with Crippen molar-refractivity contribution in [3.8, 4) is 11.5 Å². The van der Waals surface area contributed by atoms with E-state index in [2.05, 4.69) is 15.6 Å². The molecule has 0 saturated carbocycles. The molecule has 0 fully saturated rings. The Morgan fingerprint density at radius 3 is 2.45 bits per heavy atom. The number of carbonyl (C=O) groups is 2. The minimum atomic E-state index is -0.435. The van der Waals surface area contributed by atoms with Crippen molar-refractivity contribution in [2.24, 2.45) is 0 Å². The first-order valence-corrected chi connectivity index (χ1v) is 9.39. The highest BCUT2D eigenvalue weighted by Crippen LogP contribution is 2.24. The summed E-state index contributed by atoms with van der Waals surface area (Å²) in [5.74, 6) is -0.175. The Morgan fingerprint density at radius 1 is 1.07 bits per heavy atom. The van der Waals surface area contributed by atoms with Gasteiger partial charge in [-0.2, -0.15) is 0 Å². The molecule has 0 radical (unpaired) electrons. The van der Waals surface area contributed by atoms with Gasteiger partial charge in [0, 0.05) is 22.7 Å². The lowest BCUT2D eigenvalue weighted by atomic mass is 10.2. The van der Waals surface area contributed by atoms with E-state index >= 15 is 0 Å². The number of hydrogen-bond donors (Lipinski definition) is 2. The maximum Gasteiger partial charge on any atom is 0.257 e. The summed E-state index contributed by atoms with van der Waals surface area (Å²) in [6, 6.07) is 10.5. The van der Waals surface area contributed by atoms with Crippen LogP contribution in [-0.4, -0.2) is 31.0 Å². The molecule has 1 heterocycles. The number of halogens is 1. The summed E-state index contributed by atoms with van der Waals surface area (Å²) < 4.78 is 23.5. The van der Waals surface area contributed by atoms with Gasteiger partial charge in [-0.1, -0.05) is 6.07 Å². The van der Waals surface area contributed by atoms with Gasteiger partial charge in [0.25, 0.3) is 5.91 Å². The summed E-state index contributed by atoms with van der Waals surface area (Å²) in [7, 11) is 3.00. The zero-order valence-corrected chi connectivity index (χ0v) is 16.5. The standard InChI is InChI=1S/C20H18FN3O4S/c1-27-16-6-12(7-17(10-16)28-2)19(26)24-20-23-15(11-29-20)9-18(25)22-14-5-3-4-13(21)8-14/h3-8,10-11H,9H2,1-2H3,(H,22,25)(H,23,24,26). The summed E-state index contributed by atoms with van der Waals surface area (Å²) in [5, 5.41) is 7.32.